The predicted octanol–water partition coefficient (Wildman–Crippen LogP) is 3.31. The summed E-state index contributed by atoms with van der Waals surface area (Å²) in [4.78, 5) is 14.5. The van der Waals surface area contributed by atoms with Gasteiger partial charge in [0.05, 0.1) is 12.6 Å². The molecular weight excluding hydrogens is 288 g/mol. The van der Waals surface area contributed by atoms with Gasteiger partial charge in [-0.25, -0.2) is 0 Å². The summed E-state index contributed by atoms with van der Waals surface area (Å²) < 4.78 is 5.68. The van der Waals surface area contributed by atoms with Crippen LogP contribution in [0.15, 0.2) is 42.5 Å². The van der Waals surface area contributed by atoms with Crippen LogP contribution in [0.2, 0.25) is 0 Å². The normalized spacial score (nSPS) is 16.2. The molecule has 0 aliphatic carbocycles. The lowest BCUT2D eigenvalue weighted by atomic mass is 9.98. The largest absolute Gasteiger partial charge is 0.493 e. The van der Waals surface area contributed by atoms with Crippen molar-refractivity contribution in [2.24, 2.45) is 0 Å². The highest BCUT2D eigenvalue weighted by molar-refractivity contribution is 5.94. The molecule has 0 fully saturated rings. The third-order valence-electron chi connectivity index (χ3n) is 4.16. The predicted molar refractivity (Wildman–Crippen MR) is 92.3 cm³/mol. The molecule has 1 heterocycles. The Balaban J connectivity index is 1.77. The molecule has 0 aromatic heterocycles. The van der Waals surface area contributed by atoms with Crippen LogP contribution in [0.3, 0.4) is 0 Å². The van der Waals surface area contributed by atoms with Crippen molar-refractivity contribution in [2.75, 3.05) is 25.6 Å². The molecule has 4 heteroatoms. The summed E-state index contributed by atoms with van der Waals surface area (Å²) in [5.74, 6) is 0.824. The van der Waals surface area contributed by atoms with E-state index in [-0.39, 0.29) is 11.9 Å². The van der Waals surface area contributed by atoms with Gasteiger partial charge < -0.3 is 15.0 Å². The molecule has 1 atom stereocenters. The topological polar surface area (TPSA) is 41.6 Å². The smallest absolute Gasteiger partial charge is 0.251 e. The molecule has 1 aliphatic heterocycles. The molecule has 2 aromatic rings. The Bertz CT molecular complexity index is 708. The Kier molecular flexibility index (Phi) is 4.24. The molecule has 0 radical (unpaired) electrons. The molecule has 0 bridgehead atoms. The summed E-state index contributed by atoms with van der Waals surface area (Å²) in [5, 5.41) is 3.13. The van der Waals surface area contributed by atoms with Crippen molar-refractivity contribution < 1.29 is 9.53 Å². The van der Waals surface area contributed by atoms with E-state index < -0.39 is 0 Å². The SMILES string of the molecule is Cc1ccc2c(c1)C(NC(=O)c1ccc(N(C)C)cc1)CCO2. The highest BCUT2D eigenvalue weighted by atomic mass is 16.5. The van der Waals surface area contributed by atoms with Crippen molar-refractivity contribution in [3.05, 3.63) is 59.2 Å². The maximum atomic E-state index is 12.5. The minimum atomic E-state index is -0.0466. The summed E-state index contributed by atoms with van der Waals surface area (Å²) in [5.41, 5.74) is 3.99. The molecule has 1 unspecified atom stereocenters. The van der Waals surface area contributed by atoms with Crippen LogP contribution in [0, 0.1) is 6.92 Å². The number of hydrogen-bond acceptors (Lipinski definition) is 3. The van der Waals surface area contributed by atoms with Gasteiger partial charge in [-0.15, -0.1) is 0 Å². The fourth-order valence-electron chi connectivity index (χ4n) is 2.82. The molecule has 120 valence electrons. The van der Waals surface area contributed by atoms with E-state index in [2.05, 4.69) is 11.4 Å². The third kappa shape index (κ3) is 3.31. The summed E-state index contributed by atoms with van der Waals surface area (Å²) in [6, 6.07) is 13.7. The maximum absolute atomic E-state index is 12.5. The highest BCUT2D eigenvalue weighted by Gasteiger charge is 2.23. The molecule has 23 heavy (non-hydrogen) atoms. The van der Waals surface area contributed by atoms with Crippen molar-refractivity contribution in [3.63, 3.8) is 0 Å². The van der Waals surface area contributed by atoms with Gasteiger partial charge in [-0.2, -0.15) is 0 Å². The Morgan fingerprint density at radius 2 is 1.91 bits per heavy atom. The van der Waals surface area contributed by atoms with Crippen LogP contribution in [0.25, 0.3) is 0 Å². The van der Waals surface area contributed by atoms with E-state index in [1.807, 2.05) is 62.3 Å². The second kappa shape index (κ2) is 6.32. The van der Waals surface area contributed by atoms with E-state index in [4.69, 9.17) is 4.74 Å². The quantitative estimate of drug-likeness (QED) is 0.945. The number of carbonyl (C=O) groups excluding carboxylic acids is 1. The van der Waals surface area contributed by atoms with Crippen LogP contribution < -0.4 is 15.0 Å². The van der Waals surface area contributed by atoms with Gasteiger partial charge in [-0.3, -0.25) is 4.79 Å². The first-order valence-electron chi connectivity index (χ1n) is 7.86. The molecule has 0 saturated carbocycles. The van der Waals surface area contributed by atoms with Gasteiger partial charge in [-0.1, -0.05) is 17.7 Å². The number of anilines is 1. The highest BCUT2D eigenvalue weighted by Crippen LogP contribution is 2.32. The molecule has 3 rings (SSSR count). The van der Waals surface area contributed by atoms with E-state index in [1.54, 1.807) is 0 Å². The van der Waals surface area contributed by atoms with E-state index in [0.29, 0.717) is 12.2 Å². The minimum absolute atomic E-state index is 0.000301. The third-order valence-corrected chi connectivity index (χ3v) is 4.16. The van der Waals surface area contributed by atoms with Crippen LogP contribution in [0.1, 0.15) is 33.9 Å². The average molecular weight is 310 g/mol. The molecule has 2 aromatic carbocycles. The Morgan fingerprint density at radius 3 is 2.61 bits per heavy atom. The zero-order valence-electron chi connectivity index (χ0n) is 13.8. The monoisotopic (exact) mass is 310 g/mol. The van der Waals surface area contributed by atoms with Crippen molar-refractivity contribution in [1.29, 1.82) is 0 Å². The number of benzene rings is 2. The van der Waals surface area contributed by atoms with Crippen molar-refractivity contribution in [3.8, 4) is 5.75 Å². The first-order valence-corrected chi connectivity index (χ1v) is 7.86. The van der Waals surface area contributed by atoms with E-state index in [0.717, 1.165) is 23.4 Å². The van der Waals surface area contributed by atoms with Crippen molar-refractivity contribution in [2.45, 2.75) is 19.4 Å². The van der Waals surface area contributed by atoms with Crippen LogP contribution in [-0.4, -0.2) is 26.6 Å². The maximum Gasteiger partial charge on any atom is 0.251 e. The Morgan fingerprint density at radius 1 is 1.17 bits per heavy atom. The number of nitrogens with zero attached hydrogens (tertiary/aromatic N) is 1. The molecule has 1 amide bonds. The second-order valence-corrected chi connectivity index (χ2v) is 6.15. The van der Waals surface area contributed by atoms with Crippen molar-refractivity contribution >= 4 is 11.6 Å². The molecule has 0 spiro atoms. The summed E-state index contributed by atoms with van der Waals surface area (Å²) in [6.45, 7) is 2.67. The van der Waals surface area contributed by atoms with Crippen LogP contribution in [-0.2, 0) is 0 Å². The molecule has 1 aliphatic rings. The molecule has 1 N–H and O–H groups in total. The number of ether oxygens (including phenoxy) is 1. The fourth-order valence-corrected chi connectivity index (χ4v) is 2.82. The van der Waals surface area contributed by atoms with Gasteiger partial charge >= 0.3 is 0 Å². The summed E-state index contributed by atoms with van der Waals surface area (Å²) in [7, 11) is 3.97. The van der Waals surface area contributed by atoms with Gasteiger partial charge in [0.2, 0.25) is 0 Å². The number of aryl methyl sites for hydroxylation is 1. The first kappa shape index (κ1) is 15.4. The first-order chi connectivity index (χ1) is 11.0. The average Bonchev–Trinajstić information content (AvgIpc) is 2.55. The van der Waals surface area contributed by atoms with Gasteiger partial charge in [0, 0.05) is 37.3 Å². The Hall–Kier alpha value is -2.49. The fraction of sp³-hybridized carbons (Fsp3) is 0.316. The number of rotatable bonds is 3. The van der Waals surface area contributed by atoms with Crippen LogP contribution in [0.5, 0.6) is 5.75 Å². The lowest BCUT2D eigenvalue weighted by Crippen LogP contribution is -2.32. The zero-order chi connectivity index (χ0) is 16.4. The lowest BCUT2D eigenvalue weighted by Gasteiger charge is -2.27. The molecular formula is C19H22N2O2. The van der Waals surface area contributed by atoms with E-state index in [1.165, 1.54) is 5.56 Å². The van der Waals surface area contributed by atoms with Crippen molar-refractivity contribution in [1.82, 2.24) is 5.32 Å². The van der Waals surface area contributed by atoms with Gasteiger partial charge in [0.25, 0.3) is 5.91 Å². The second-order valence-electron chi connectivity index (χ2n) is 6.15. The number of fused-ring (bicyclic) bond motifs is 1. The van der Waals surface area contributed by atoms with E-state index in [9.17, 15) is 4.79 Å². The zero-order valence-corrected chi connectivity index (χ0v) is 13.8. The summed E-state index contributed by atoms with van der Waals surface area (Å²) in [6.07, 6.45) is 0.790. The van der Waals surface area contributed by atoms with Gasteiger partial charge in [0.1, 0.15) is 5.75 Å². The standard InChI is InChI=1S/C19H22N2O2/c1-13-4-9-18-16(12-13)17(10-11-23-18)20-19(22)14-5-7-15(8-6-14)21(2)3/h4-9,12,17H,10-11H2,1-3H3,(H,20,22). The molecule has 4 nitrogen and oxygen atoms in total. The number of nitrogens with one attached hydrogen (secondary N) is 1. The number of hydrogen-bond donors (Lipinski definition) is 1. The van der Waals surface area contributed by atoms with E-state index >= 15 is 0 Å². The van der Waals surface area contributed by atoms with Gasteiger partial charge in [-0.05, 0) is 37.3 Å². The van der Waals surface area contributed by atoms with Crippen LogP contribution >= 0.6 is 0 Å². The number of amides is 1. The number of carbonyl (C=O) groups is 1. The Labute approximate surface area is 137 Å². The lowest BCUT2D eigenvalue weighted by molar-refractivity contribution is 0.0925. The minimum Gasteiger partial charge on any atom is -0.493 e. The summed E-state index contributed by atoms with van der Waals surface area (Å²) >= 11 is 0. The van der Waals surface area contributed by atoms with Crippen LogP contribution in [0.4, 0.5) is 5.69 Å². The molecule has 0 saturated heterocycles. The van der Waals surface area contributed by atoms with Gasteiger partial charge in [0.15, 0.2) is 0 Å².